The zero-order valence-electron chi connectivity index (χ0n) is 13.2. The number of likely N-dealkylation sites (N-methyl/N-ethyl adjacent to an activating group) is 1. The third kappa shape index (κ3) is 3.34. The van der Waals surface area contributed by atoms with Crippen LogP contribution in [0.5, 0.6) is 0 Å². The quantitative estimate of drug-likeness (QED) is 0.897. The van der Waals surface area contributed by atoms with Crippen molar-refractivity contribution in [3.05, 3.63) is 40.8 Å². The predicted octanol–water partition coefficient (Wildman–Crippen LogP) is 2.37. The molecule has 0 spiro atoms. The van der Waals surface area contributed by atoms with E-state index < -0.39 is 23.3 Å². The number of alkyl halides is 3. The molecule has 134 valence electrons. The zero-order valence-corrected chi connectivity index (χ0v) is 14.0. The second-order valence-electron chi connectivity index (χ2n) is 5.69. The van der Waals surface area contributed by atoms with E-state index in [-0.39, 0.29) is 16.9 Å². The summed E-state index contributed by atoms with van der Waals surface area (Å²) in [7, 11) is 1.49. The lowest BCUT2D eigenvalue weighted by atomic mass is 10.1. The van der Waals surface area contributed by atoms with E-state index in [1.54, 1.807) is 0 Å². The number of rotatable bonds is 3. The summed E-state index contributed by atoms with van der Waals surface area (Å²) in [6.07, 6.45) is -1.89. The molecule has 2 aromatic rings. The first-order valence-corrected chi connectivity index (χ1v) is 7.92. The first kappa shape index (κ1) is 17.7. The Bertz CT molecular complexity index is 786. The normalized spacial score (nSPS) is 17.7. The van der Waals surface area contributed by atoms with Gasteiger partial charge in [-0.25, -0.2) is 9.67 Å². The summed E-state index contributed by atoms with van der Waals surface area (Å²) < 4.78 is 41.5. The van der Waals surface area contributed by atoms with Crippen molar-refractivity contribution in [1.82, 2.24) is 25.0 Å². The largest absolute Gasteiger partial charge is 0.434 e. The molecule has 10 heteroatoms. The number of halogens is 4. The minimum Gasteiger partial charge on any atom is -0.337 e. The van der Waals surface area contributed by atoms with Crippen molar-refractivity contribution in [2.45, 2.75) is 18.6 Å². The molecule has 0 aromatic carbocycles. The second kappa shape index (κ2) is 6.64. The van der Waals surface area contributed by atoms with E-state index >= 15 is 0 Å². The van der Waals surface area contributed by atoms with Crippen LogP contribution in [0.4, 0.5) is 13.2 Å². The minimum atomic E-state index is -4.79. The van der Waals surface area contributed by atoms with Crippen LogP contribution >= 0.6 is 11.6 Å². The van der Waals surface area contributed by atoms with E-state index in [0.29, 0.717) is 17.6 Å². The molecule has 1 N–H and O–H groups in total. The highest BCUT2D eigenvalue weighted by Gasteiger charge is 2.42. The molecule has 1 aliphatic rings. The van der Waals surface area contributed by atoms with Crippen molar-refractivity contribution in [2.24, 2.45) is 0 Å². The highest BCUT2D eigenvalue weighted by Crippen LogP contribution is 2.35. The van der Waals surface area contributed by atoms with Gasteiger partial charge < -0.3 is 10.2 Å². The molecule has 6 nitrogen and oxygen atoms in total. The van der Waals surface area contributed by atoms with Gasteiger partial charge in [-0.2, -0.15) is 18.3 Å². The molecule has 2 aromatic heterocycles. The Morgan fingerprint density at radius 2 is 2.24 bits per heavy atom. The summed E-state index contributed by atoms with van der Waals surface area (Å²) in [6, 6.07) is 2.74. The Labute approximate surface area is 146 Å². The number of nitrogens with zero attached hydrogens (tertiary/aromatic N) is 4. The fourth-order valence-corrected chi connectivity index (χ4v) is 3.00. The van der Waals surface area contributed by atoms with Crippen LogP contribution in [0.1, 0.15) is 22.5 Å². The van der Waals surface area contributed by atoms with E-state index in [4.69, 9.17) is 11.6 Å². The summed E-state index contributed by atoms with van der Waals surface area (Å²) in [5, 5.41) is 6.81. The van der Waals surface area contributed by atoms with Gasteiger partial charge >= 0.3 is 6.18 Å². The molecule has 0 saturated carbocycles. The molecule has 1 aliphatic heterocycles. The molecule has 0 radical (unpaired) electrons. The molecule has 3 heterocycles. The van der Waals surface area contributed by atoms with Gasteiger partial charge in [0.25, 0.3) is 5.91 Å². The molecule has 0 unspecified atom stereocenters. The smallest absolute Gasteiger partial charge is 0.337 e. The third-order valence-corrected chi connectivity index (χ3v) is 4.41. The van der Waals surface area contributed by atoms with Crippen LogP contribution in [0.15, 0.2) is 24.5 Å². The van der Waals surface area contributed by atoms with Crippen LogP contribution in [0.25, 0.3) is 5.82 Å². The topological polar surface area (TPSA) is 63.1 Å². The number of hydrogen-bond donors (Lipinski definition) is 1. The Morgan fingerprint density at radius 3 is 2.84 bits per heavy atom. The first-order valence-electron chi connectivity index (χ1n) is 7.54. The van der Waals surface area contributed by atoms with E-state index in [1.165, 1.54) is 30.3 Å². The maximum absolute atomic E-state index is 13.6. The maximum Gasteiger partial charge on any atom is 0.434 e. The lowest BCUT2D eigenvalue weighted by molar-refractivity contribution is -0.143. The fourth-order valence-electron chi connectivity index (χ4n) is 2.80. The highest BCUT2D eigenvalue weighted by atomic mass is 35.5. The van der Waals surface area contributed by atoms with Crippen LogP contribution in [0.2, 0.25) is 5.02 Å². The Hall–Kier alpha value is -2.13. The molecular weight excluding hydrogens is 359 g/mol. The van der Waals surface area contributed by atoms with Crippen LogP contribution in [-0.4, -0.2) is 51.8 Å². The maximum atomic E-state index is 13.6. The molecule has 25 heavy (non-hydrogen) atoms. The summed E-state index contributed by atoms with van der Waals surface area (Å²) in [5.74, 6) is -0.917. The molecule has 1 amide bonds. The van der Waals surface area contributed by atoms with Gasteiger partial charge in [0.15, 0.2) is 11.5 Å². The molecule has 1 fully saturated rings. The number of nitrogens with one attached hydrogen (secondary N) is 1. The summed E-state index contributed by atoms with van der Waals surface area (Å²) in [4.78, 5) is 17.8. The monoisotopic (exact) mass is 373 g/mol. The number of pyridine rings is 1. The summed E-state index contributed by atoms with van der Waals surface area (Å²) in [6.45, 7) is 1.26. The van der Waals surface area contributed by atoms with Crippen molar-refractivity contribution < 1.29 is 18.0 Å². The van der Waals surface area contributed by atoms with E-state index in [0.717, 1.165) is 12.7 Å². The Morgan fingerprint density at radius 1 is 1.48 bits per heavy atom. The number of carbonyl (C=O) groups is 1. The van der Waals surface area contributed by atoms with Crippen molar-refractivity contribution in [3.63, 3.8) is 0 Å². The van der Waals surface area contributed by atoms with Crippen LogP contribution in [0, 0.1) is 0 Å². The lowest BCUT2D eigenvalue weighted by Gasteiger charge is -2.24. The SMILES string of the molecule is CN(C(=O)c1cnn(-c2ncccc2Cl)c1C(F)(F)F)[C@H]1CCNC1. The Balaban J connectivity index is 2.06. The first-order chi connectivity index (χ1) is 11.8. The van der Waals surface area contributed by atoms with E-state index in [2.05, 4.69) is 15.4 Å². The number of carbonyl (C=O) groups excluding carboxylic acids is 1. The molecular formula is C15H15ClF3N5O. The van der Waals surface area contributed by atoms with Gasteiger partial charge in [-0.3, -0.25) is 4.79 Å². The van der Waals surface area contributed by atoms with Crippen molar-refractivity contribution in [3.8, 4) is 5.82 Å². The molecule has 0 bridgehead atoms. The van der Waals surface area contributed by atoms with Gasteiger partial charge in [-0.05, 0) is 25.1 Å². The highest BCUT2D eigenvalue weighted by molar-refractivity contribution is 6.32. The molecule has 3 rings (SSSR count). The molecule has 1 atom stereocenters. The van der Waals surface area contributed by atoms with Crippen molar-refractivity contribution >= 4 is 17.5 Å². The molecule has 1 saturated heterocycles. The zero-order chi connectivity index (χ0) is 18.2. The van der Waals surface area contributed by atoms with Crippen LogP contribution in [0.3, 0.4) is 0 Å². The average Bonchev–Trinajstić information content (AvgIpc) is 3.23. The second-order valence-corrected chi connectivity index (χ2v) is 6.10. The van der Waals surface area contributed by atoms with Gasteiger partial charge in [0.05, 0.1) is 16.8 Å². The van der Waals surface area contributed by atoms with Crippen LogP contribution < -0.4 is 5.32 Å². The van der Waals surface area contributed by atoms with Gasteiger partial charge in [0.2, 0.25) is 0 Å². The number of aromatic nitrogens is 3. The lowest BCUT2D eigenvalue weighted by Crippen LogP contribution is -2.39. The summed E-state index contributed by atoms with van der Waals surface area (Å²) >= 11 is 5.94. The van der Waals surface area contributed by atoms with E-state index in [9.17, 15) is 18.0 Å². The van der Waals surface area contributed by atoms with Crippen molar-refractivity contribution in [1.29, 1.82) is 0 Å². The average molecular weight is 374 g/mol. The fraction of sp³-hybridized carbons (Fsp3) is 0.400. The van der Waals surface area contributed by atoms with Crippen molar-refractivity contribution in [2.75, 3.05) is 20.1 Å². The van der Waals surface area contributed by atoms with Gasteiger partial charge in [-0.15, -0.1) is 0 Å². The number of hydrogen-bond acceptors (Lipinski definition) is 4. The van der Waals surface area contributed by atoms with Gasteiger partial charge in [0.1, 0.15) is 0 Å². The standard InChI is InChI=1S/C15H15ClF3N5O/c1-23(9-4-6-20-7-9)14(25)10-8-22-24(12(10)15(17,18)19)13-11(16)3-2-5-21-13/h2-3,5,8-9,20H,4,6-7H2,1H3/t9-/m0/s1. The van der Waals surface area contributed by atoms with Gasteiger partial charge in [-0.1, -0.05) is 11.6 Å². The Kier molecular flexibility index (Phi) is 4.70. The molecule has 0 aliphatic carbocycles. The van der Waals surface area contributed by atoms with Crippen LogP contribution in [-0.2, 0) is 6.18 Å². The third-order valence-electron chi connectivity index (χ3n) is 4.11. The minimum absolute atomic E-state index is 0.00319. The predicted molar refractivity (Wildman–Crippen MR) is 84.7 cm³/mol. The van der Waals surface area contributed by atoms with Gasteiger partial charge in [0, 0.05) is 25.8 Å². The number of amides is 1. The van der Waals surface area contributed by atoms with E-state index in [1.807, 2.05) is 0 Å². The summed E-state index contributed by atoms with van der Waals surface area (Å²) in [5.41, 5.74) is -1.71.